The summed E-state index contributed by atoms with van der Waals surface area (Å²) in [7, 11) is 0. The van der Waals surface area contributed by atoms with Gasteiger partial charge in [0.1, 0.15) is 0 Å². The lowest BCUT2D eigenvalue weighted by atomic mass is 9.84. The number of hydrogen-bond donors (Lipinski definition) is 0. The minimum Gasteiger partial charge on any atom is -0.0848 e. The third-order valence-corrected chi connectivity index (χ3v) is 3.92. The number of rotatable bonds is 0. The molecule has 4 bridgehead atoms. The smallest absolute Gasteiger partial charge is 0.0202 e. The van der Waals surface area contributed by atoms with E-state index >= 15 is 0 Å². The van der Waals surface area contributed by atoms with Crippen LogP contribution in [0.1, 0.15) is 25.7 Å². The lowest BCUT2D eigenvalue weighted by molar-refractivity contribution is 0.355. The molecule has 0 radical (unpaired) electrons. The molecule has 0 nitrogen and oxygen atoms in total. The molecule has 0 amide bonds. The Balaban J connectivity index is 2.06. The first-order valence-corrected chi connectivity index (χ1v) is 4.63. The first-order chi connectivity index (χ1) is 4.95. The van der Waals surface area contributed by atoms with Crippen molar-refractivity contribution in [3.8, 4) is 0 Å². The molecule has 3 aliphatic carbocycles. The average molecular weight is 134 g/mol. The van der Waals surface area contributed by atoms with Crippen molar-refractivity contribution in [3.05, 3.63) is 12.2 Å². The van der Waals surface area contributed by atoms with Gasteiger partial charge in [-0.3, -0.25) is 0 Å². The monoisotopic (exact) mass is 134 g/mol. The number of hydrogen-bond acceptors (Lipinski definition) is 0. The fourth-order valence-electron chi connectivity index (χ4n) is 3.45. The summed E-state index contributed by atoms with van der Waals surface area (Å²) in [5.41, 5.74) is 0. The van der Waals surface area contributed by atoms with E-state index in [9.17, 15) is 0 Å². The summed E-state index contributed by atoms with van der Waals surface area (Å²) in [5.74, 6) is 4.25. The van der Waals surface area contributed by atoms with Crippen LogP contribution in [0, 0.1) is 23.7 Å². The van der Waals surface area contributed by atoms with Crippen molar-refractivity contribution in [1.29, 1.82) is 0 Å². The Kier molecular flexibility index (Phi) is 0.898. The van der Waals surface area contributed by atoms with E-state index in [4.69, 9.17) is 0 Å². The fraction of sp³-hybridized carbons (Fsp3) is 0.800. The largest absolute Gasteiger partial charge is 0.0848 e. The molecule has 54 valence electrons. The van der Waals surface area contributed by atoms with Crippen LogP contribution in [0.2, 0.25) is 0 Å². The lowest BCUT2D eigenvalue weighted by Crippen LogP contribution is -2.14. The van der Waals surface area contributed by atoms with Gasteiger partial charge in [0.15, 0.2) is 0 Å². The first kappa shape index (κ1) is 5.40. The van der Waals surface area contributed by atoms with Crippen molar-refractivity contribution >= 4 is 0 Å². The second-order valence-electron chi connectivity index (χ2n) is 4.20. The zero-order chi connectivity index (χ0) is 6.55. The van der Waals surface area contributed by atoms with Crippen LogP contribution in [0.3, 0.4) is 0 Å². The lowest BCUT2D eigenvalue weighted by Gasteiger charge is -2.21. The highest BCUT2D eigenvalue weighted by Crippen LogP contribution is 2.54. The topological polar surface area (TPSA) is 0 Å². The maximum absolute atomic E-state index is 2.51. The molecule has 0 aromatic rings. The molecule has 0 heteroatoms. The highest BCUT2D eigenvalue weighted by Gasteiger charge is 2.45. The summed E-state index contributed by atoms with van der Waals surface area (Å²) >= 11 is 0. The second-order valence-corrected chi connectivity index (χ2v) is 4.20. The van der Waals surface area contributed by atoms with Crippen LogP contribution < -0.4 is 0 Å². The minimum atomic E-state index is 1.00. The summed E-state index contributed by atoms with van der Waals surface area (Å²) in [6.07, 6.45) is 11.1. The van der Waals surface area contributed by atoms with Crippen LogP contribution in [0.5, 0.6) is 0 Å². The van der Waals surface area contributed by atoms with Gasteiger partial charge in [0, 0.05) is 0 Å². The predicted octanol–water partition coefficient (Wildman–Crippen LogP) is 2.61. The fourth-order valence-corrected chi connectivity index (χ4v) is 3.45. The quantitative estimate of drug-likeness (QED) is 0.447. The normalized spacial score (nSPS) is 56.0. The molecule has 4 atom stereocenters. The van der Waals surface area contributed by atoms with Gasteiger partial charge in [0.25, 0.3) is 0 Å². The van der Waals surface area contributed by atoms with Gasteiger partial charge < -0.3 is 0 Å². The maximum atomic E-state index is 2.51. The van der Waals surface area contributed by atoms with Gasteiger partial charge in [-0.25, -0.2) is 0 Å². The molecule has 0 heterocycles. The van der Waals surface area contributed by atoms with Crippen LogP contribution in [-0.2, 0) is 0 Å². The zero-order valence-electron chi connectivity index (χ0n) is 6.29. The maximum Gasteiger partial charge on any atom is -0.0202 e. The third-order valence-electron chi connectivity index (χ3n) is 3.92. The van der Waals surface area contributed by atoms with Gasteiger partial charge in [-0.1, -0.05) is 12.2 Å². The molecule has 0 aliphatic heterocycles. The molecule has 2 saturated carbocycles. The molecule has 4 unspecified atom stereocenters. The van der Waals surface area contributed by atoms with Gasteiger partial charge in [0.2, 0.25) is 0 Å². The van der Waals surface area contributed by atoms with E-state index in [-0.39, 0.29) is 0 Å². The van der Waals surface area contributed by atoms with Crippen molar-refractivity contribution in [2.75, 3.05) is 0 Å². The van der Waals surface area contributed by atoms with Crippen LogP contribution >= 0.6 is 0 Å². The molecule has 0 aromatic carbocycles. The molecule has 0 aromatic heterocycles. The van der Waals surface area contributed by atoms with Crippen molar-refractivity contribution in [2.45, 2.75) is 25.7 Å². The summed E-state index contributed by atoms with van der Waals surface area (Å²) in [6, 6.07) is 0. The number of allylic oxidation sites excluding steroid dienone is 2. The Labute approximate surface area is 62.3 Å². The van der Waals surface area contributed by atoms with E-state index in [0.29, 0.717) is 0 Å². The Hall–Kier alpha value is -0.260. The van der Waals surface area contributed by atoms with Crippen LogP contribution in [0.4, 0.5) is 0 Å². The van der Waals surface area contributed by atoms with Crippen molar-refractivity contribution in [2.24, 2.45) is 23.7 Å². The molecular formula is C10H14. The van der Waals surface area contributed by atoms with Gasteiger partial charge in [-0.05, 0) is 49.4 Å². The van der Waals surface area contributed by atoms with Crippen molar-refractivity contribution < 1.29 is 0 Å². The van der Waals surface area contributed by atoms with E-state index in [2.05, 4.69) is 12.2 Å². The van der Waals surface area contributed by atoms with Crippen LogP contribution in [0.25, 0.3) is 0 Å². The van der Waals surface area contributed by atoms with Crippen LogP contribution in [0.15, 0.2) is 12.2 Å². The highest BCUT2D eigenvalue weighted by molar-refractivity contribution is 5.12. The van der Waals surface area contributed by atoms with E-state index < -0.39 is 0 Å². The summed E-state index contributed by atoms with van der Waals surface area (Å²) < 4.78 is 0. The molecule has 3 aliphatic rings. The molecule has 2 fully saturated rings. The van der Waals surface area contributed by atoms with Crippen molar-refractivity contribution in [1.82, 2.24) is 0 Å². The van der Waals surface area contributed by atoms with Crippen LogP contribution in [-0.4, -0.2) is 0 Å². The minimum absolute atomic E-state index is 1.00. The third kappa shape index (κ3) is 0.492. The molecule has 3 rings (SSSR count). The Morgan fingerprint density at radius 2 is 1.20 bits per heavy atom. The molecule has 0 saturated heterocycles. The zero-order valence-corrected chi connectivity index (χ0v) is 6.29. The molecule has 0 spiro atoms. The van der Waals surface area contributed by atoms with Gasteiger partial charge >= 0.3 is 0 Å². The van der Waals surface area contributed by atoms with E-state index in [0.717, 1.165) is 23.7 Å². The van der Waals surface area contributed by atoms with E-state index in [1.54, 1.807) is 0 Å². The van der Waals surface area contributed by atoms with Crippen molar-refractivity contribution in [3.63, 3.8) is 0 Å². The van der Waals surface area contributed by atoms with Gasteiger partial charge in [-0.15, -0.1) is 0 Å². The summed E-state index contributed by atoms with van der Waals surface area (Å²) in [6.45, 7) is 0. The average Bonchev–Trinajstić information content (AvgIpc) is 2.36. The Bertz CT molecular complexity index is 160. The Morgan fingerprint density at radius 3 is 1.70 bits per heavy atom. The molecule has 0 N–H and O–H groups in total. The molecular weight excluding hydrogens is 120 g/mol. The second kappa shape index (κ2) is 1.66. The van der Waals surface area contributed by atoms with Gasteiger partial charge in [-0.2, -0.15) is 0 Å². The summed E-state index contributed by atoms with van der Waals surface area (Å²) in [4.78, 5) is 0. The van der Waals surface area contributed by atoms with E-state index in [1.165, 1.54) is 25.7 Å². The summed E-state index contributed by atoms with van der Waals surface area (Å²) in [5, 5.41) is 0. The molecule has 10 heavy (non-hydrogen) atoms. The van der Waals surface area contributed by atoms with Gasteiger partial charge in [0.05, 0.1) is 0 Å². The predicted molar refractivity (Wildman–Crippen MR) is 41.6 cm³/mol. The SMILES string of the molecule is C1=CC2CCC3C1CCC23. The highest BCUT2D eigenvalue weighted by atomic mass is 14.5. The van der Waals surface area contributed by atoms with E-state index in [1.807, 2.05) is 0 Å². The first-order valence-electron chi connectivity index (χ1n) is 4.63. The standard InChI is InChI=1S/C10H14/c1-2-8-4-6-9-7(1)3-5-10(8)9/h1-2,7-10H,3-6H2. The Morgan fingerprint density at radius 1 is 0.700 bits per heavy atom.